The summed E-state index contributed by atoms with van der Waals surface area (Å²) < 4.78 is 5.01. The summed E-state index contributed by atoms with van der Waals surface area (Å²) in [5.74, 6) is 0.0402. The van der Waals surface area contributed by atoms with E-state index in [2.05, 4.69) is 5.32 Å². The molecule has 0 unspecified atom stereocenters. The maximum atomic E-state index is 12.4. The molecule has 2 heterocycles. The fraction of sp³-hybridized carbons (Fsp3) is 0.350. The predicted molar refractivity (Wildman–Crippen MR) is 99.2 cm³/mol. The monoisotopic (exact) mass is 369 g/mol. The highest BCUT2D eigenvalue weighted by atomic mass is 16.3. The van der Waals surface area contributed by atoms with Crippen LogP contribution in [0.2, 0.25) is 0 Å². The first kappa shape index (κ1) is 18.7. The van der Waals surface area contributed by atoms with Crippen molar-refractivity contribution in [1.82, 2.24) is 15.1 Å². The minimum atomic E-state index is -0.277. The van der Waals surface area contributed by atoms with E-state index in [1.807, 2.05) is 18.2 Å². The van der Waals surface area contributed by atoms with Crippen LogP contribution in [-0.4, -0.2) is 60.2 Å². The second kappa shape index (κ2) is 9.02. The van der Waals surface area contributed by atoms with Crippen molar-refractivity contribution in [3.63, 3.8) is 0 Å². The maximum Gasteiger partial charge on any atom is 0.286 e. The molecule has 142 valence electrons. The molecule has 0 aliphatic carbocycles. The third kappa shape index (κ3) is 4.97. The minimum absolute atomic E-state index is 0.00309. The van der Waals surface area contributed by atoms with Gasteiger partial charge < -0.3 is 19.5 Å². The SMILES string of the molecule is O=C(NCCCC(=O)N1CCN(C(=O)c2ccccc2)CC1)c1ccco1. The van der Waals surface area contributed by atoms with Gasteiger partial charge in [-0.15, -0.1) is 0 Å². The first-order valence-corrected chi connectivity index (χ1v) is 9.09. The maximum absolute atomic E-state index is 12.4. The lowest BCUT2D eigenvalue weighted by atomic mass is 10.1. The number of furan rings is 1. The Morgan fingerprint density at radius 2 is 1.63 bits per heavy atom. The molecule has 0 spiro atoms. The Morgan fingerprint density at radius 1 is 0.926 bits per heavy atom. The Labute approximate surface area is 157 Å². The van der Waals surface area contributed by atoms with Crippen molar-refractivity contribution in [1.29, 1.82) is 0 Å². The van der Waals surface area contributed by atoms with Crippen LogP contribution in [0.4, 0.5) is 0 Å². The van der Waals surface area contributed by atoms with Crippen LogP contribution in [0.3, 0.4) is 0 Å². The van der Waals surface area contributed by atoms with Gasteiger partial charge in [-0.05, 0) is 30.7 Å². The molecule has 3 rings (SSSR count). The van der Waals surface area contributed by atoms with Gasteiger partial charge in [0.05, 0.1) is 6.26 Å². The van der Waals surface area contributed by atoms with Crippen LogP contribution in [0.1, 0.15) is 33.8 Å². The van der Waals surface area contributed by atoms with Gasteiger partial charge in [0.2, 0.25) is 5.91 Å². The lowest BCUT2D eigenvalue weighted by molar-refractivity contribution is -0.132. The van der Waals surface area contributed by atoms with E-state index in [9.17, 15) is 14.4 Å². The summed E-state index contributed by atoms with van der Waals surface area (Å²) in [5.41, 5.74) is 0.671. The molecule has 0 atom stereocenters. The molecule has 27 heavy (non-hydrogen) atoms. The Morgan fingerprint density at radius 3 is 2.30 bits per heavy atom. The van der Waals surface area contributed by atoms with Crippen molar-refractivity contribution in [3.8, 4) is 0 Å². The van der Waals surface area contributed by atoms with Gasteiger partial charge in [-0.25, -0.2) is 0 Å². The van der Waals surface area contributed by atoms with Gasteiger partial charge in [-0.3, -0.25) is 14.4 Å². The van der Waals surface area contributed by atoms with Gasteiger partial charge in [-0.1, -0.05) is 18.2 Å². The van der Waals surface area contributed by atoms with Gasteiger partial charge in [0.1, 0.15) is 0 Å². The number of piperazine rings is 1. The normalized spacial score (nSPS) is 14.1. The first-order valence-electron chi connectivity index (χ1n) is 9.09. The van der Waals surface area contributed by atoms with Crippen molar-refractivity contribution in [2.45, 2.75) is 12.8 Å². The summed E-state index contributed by atoms with van der Waals surface area (Å²) in [6.07, 6.45) is 2.38. The van der Waals surface area contributed by atoms with Crippen LogP contribution >= 0.6 is 0 Å². The molecular formula is C20H23N3O4. The van der Waals surface area contributed by atoms with E-state index in [4.69, 9.17) is 4.42 Å². The summed E-state index contributed by atoms with van der Waals surface area (Å²) in [4.78, 5) is 40.0. The van der Waals surface area contributed by atoms with Crippen LogP contribution < -0.4 is 5.32 Å². The fourth-order valence-electron chi connectivity index (χ4n) is 3.02. The molecule has 0 saturated carbocycles. The van der Waals surface area contributed by atoms with Crippen molar-refractivity contribution in [2.75, 3.05) is 32.7 Å². The smallest absolute Gasteiger partial charge is 0.286 e. The van der Waals surface area contributed by atoms with Crippen molar-refractivity contribution in [2.24, 2.45) is 0 Å². The number of nitrogens with one attached hydrogen (secondary N) is 1. The number of carbonyl (C=O) groups excluding carboxylic acids is 3. The molecule has 1 fully saturated rings. The van der Waals surface area contributed by atoms with Crippen molar-refractivity contribution in [3.05, 3.63) is 60.1 Å². The molecule has 1 N–H and O–H groups in total. The average molecular weight is 369 g/mol. The molecule has 2 aromatic rings. The first-order chi connectivity index (χ1) is 13.1. The highest BCUT2D eigenvalue weighted by Crippen LogP contribution is 2.10. The van der Waals surface area contributed by atoms with Crippen LogP contribution in [-0.2, 0) is 4.79 Å². The Kier molecular flexibility index (Phi) is 6.25. The zero-order valence-electron chi connectivity index (χ0n) is 15.1. The standard InChI is InChI=1S/C20H23N3O4/c24-18(9-4-10-21-19(25)17-8-5-15-27-17)22-11-13-23(14-12-22)20(26)16-6-2-1-3-7-16/h1-3,5-8,15H,4,9-14H2,(H,21,25). The van der Waals surface area contributed by atoms with Crippen LogP contribution in [0.25, 0.3) is 0 Å². The lowest BCUT2D eigenvalue weighted by Crippen LogP contribution is -2.50. The molecule has 0 radical (unpaired) electrons. The zero-order chi connectivity index (χ0) is 19.1. The molecule has 1 saturated heterocycles. The predicted octanol–water partition coefficient (Wildman–Crippen LogP) is 1.77. The number of hydrogen-bond donors (Lipinski definition) is 1. The van der Waals surface area contributed by atoms with Crippen LogP contribution in [0.5, 0.6) is 0 Å². The average Bonchev–Trinajstić information content (AvgIpc) is 3.26. The number of benzene rings is 1. The number of nitrogens with zero attached hydrogens (tertiary/aromatic N) is 2. The highest BCUT2D eigenvalue weighted by molar-refractivity contribution is 5.94. The van der Waals surface area contributed by atoms with Gasteiger partial charge >= 0.3 is 0 Å². The van der Waals surface area contributed by atoms with Gasteiger partial charge in [0.15, 0.2) is 5.76 Å². The van der Waals surface area contributed by atoms with Gasteiger partial charge in [0.25, 0.3) is 11.8 Å². The topological polar surface area (TPSA) is 82.9 Å². The van der Waals surface area contributed by atoms with E-state index < -0.39 is 0 Å². The summed E-state index contributed by atoms with van der Waals surface area (Å²) in [6, 6.07) is 12.4. The number of rotatable bonds is 6. The van der Waals surface area contributed by atoms with E-state index in [1.165, 1.54) is 6.26 Å². The number of carbonyl (C=O) groups is 3. The molecule has 7 heteroatoms. The van der Waals surface area contributed by atoms with E-state index in [0.29, 0.717) is 51.1 Å². The molecule has 7 nitrogen and oxygen atoms in total. The van der Waals surface area contributed by atoms with Crippen LogP contribution in [0, 0.1) is 0 Å². The Bertz CT molecular complexity index is 766. The second-order valence-electron chi connectivity index (χ2n) is 6.38. The number of amides is 3. The quantitative estimate of drug-likeness (QED) is 0.787. The largest absolute Gasteiger partial charge is 0.459 e. The fourth-order valence-corrected chi connectivity index (χ4v) is 3.02. The summed E-state index contributed by atoms with van der Waals surface area (Å²) in [6.45, 7) is 2.56. The summed E-state index contributed by atoms with van der Waals surface area (Å²) in [5, 5.41) is 2.73. The van der Waals surface area contributed by atoms with E-state index in [-0.39, 0.29) is 23.5 Å². The number of hydrogen-bond acceptors (Lipinski definition) is 4. The lowest BCUT2D eigenvalue weighted by Gasteiger charge is -2.35. The van der Waals surface area contributed by atoms with E-state index >= 15 is 0 Å². The highest BCUT2D eigenvalue weighted by Gasteiger charge is 2.24. The minimum Gasteiger partial charge on any atom is -0.459 e. The molecule has 1 aromatic heterocycles. The summed E-state index contributed by atoms with van der Waals surface area (Å²) in [7, 11) is 0. The third-order valence-corrected chi connectivity index (χ3v) is 4.54. The Hall–Kier alpha value is -3.09. The molecule has 1 aromatic carbocycles. The van der Waals surface area contributed by atoms with Gasteiger partial charge in [0, 0.05) is 44.7 Å². The van der Waals surface area contributed by atoms with Crippen molar-refractivity contribution >= 4 is 17.7 Å². The second-order valence-corrected chi connectivity index (χ2v) is 6.38. The van der Waals surface area contributed by atoms with E-state index in [1.54, 1.807) is 34.1 Å². The summed E-state index contributed by atoms with van der Waals surface area (Å²) >= 11 is 0. The van der Waals surface area contributed by atoms with Crippen LogP contribution in [0.15, 0.2) is 53.1 Å². The van der Waals surface area contributed by atoms with E-state index in [0.717, 1.165) is 0 Å². The molecule has 0 bridgehead atoms. The van der Waals surface area contributed by atoms with Gasteiger partial charge in [-0.2, -0.15) is 0 Å². The molecule has 3 amide bonds. The molecule has 1 aliphatic rings. The molecule has 1 aliphatic heterocycles. The van der Waals surface area contributed by atoms with Crippen molar-refractivity contribution < 1.29 is 18.8 Å². The Balaban J connectivity index is 1.36. The zero-order valence-corrected chi connectivity index (χ0v) is 15.1. The molecular weight excluding hydrogens is 346 g/mol. The third-order valence-electron chi connectivity index (χ3n) is 4.54.